The molecule has 3 rings (SSSR count). The number of aromatic amines is 1. The van der Waals surface area contributed by atoms with Crippen molar-refractivity contribution in [2.45, 2.75) is 25.0 Å². The molecule has 0 spiro atoms. The van der Waals surface area contributed by atoms with Crippen LogP contribution in [0.3, 0.4) is 0 Å². The molecule has 2 heterocycles. The lowest BCUT2D eigenvalue weighted by atomic mass is 10.1. The van der Waals surface area contributed by atoms with Crippen LogP contribution in [0.4, 0.5) is 0 Å². The van der Waals surface area contributed by atoms with Gasteiger partial charge in [-0.1, -0.05) is 29.8 Å². The molecular weight excluding hydrogens is 232 g/mol. The number of nitrogens with one attached hydrogen (secondary N) is 1. The van der Waals surface area contributed by atoms with E-state index in [2.05, 4.69) is 30.2 Å². The fraction of sp³-hybridized carbons (Fsp3) is 0.308. The molecule has 0 unspecified atom stereocenters. The second kappa shape index (κ2) is 4.11. The fourth-order valence-electron chi connectivity index (χ4n) is 2.20. The molecule has 1 aromatic carbocycles. The predicted molar refractivity (Wildman–Crippen MR) is 70.3 cm³/mol. The Balaban J connectivity index is 1.94. The van der Waals surface area contributed by atoms with Gasteiger partial charge in [-0.05, 0) is 12.5 Å². The molecular formula is C13H14N2OS. The van der Waals surface area contributed by atoms with E-state index in [-0.39, 0.29) is 5.56 Å². The molecule has 1 N–H and O–H groups in total. The van der Waals surface area contributed by atoms with Crippen molar-refractivity contribution in [1.82, 2.24) is 9.78 Å². The molecule has 0 saturated heterocycles. The quantitative estimate of drug-likeness (QED) is 0.882. The maximum atomic E-state index is 12.1. The highest BCUT2D eigenvalue weighted by Gasteiger charge is 2.19. The molecule has 0 radical (unpaired) electrons. The monoisotopic (exact) mass is 246 g/mol. The Morgan fingerprint density at radius 3 is 3.06 bits per heavy atom. The lowest BCUT2D eigenvalue weighted by Gasteiger charge is -2.03. The zero-order chi connectivity index (χ0) is 11.8. The van der Waals surface area contributed by atoms with Crippen LogP contribution in [0.25, 0.3) is 0 Å². The molecule has 2 aromatic rings. The van der Waals surface area contributed by atoms with Gasteiger partial charge in [0, 0.05) is 11.5 Å². The molecule has 0 atom stereocenters. The minimum absolute atomic E-state index is 0.145. The van der Waals surface area contributed by atoms with Gasteiger partial charge in [-0.3, -0.25) is 9.89 Å². The summed E-state index contributed by atoms with van der Waals surface area (Å²) in [6.07, 6.45) is 0. The highest BCUT2D eigenvalue weighted by molar-refractivity contribution is 7.98. The summed E-state index contributed by atoms with van der Waals surface area (Å²) in [5, 5.41) is 3.21. The molecule has 1 aromatic heterocycles. The third-order valence-electron chi connectivity index (χ3n) is 3.05. The summed E-state index contributed by atoms with van der Waals surface area (Å²) in [5.74, 6) is 1.79. The Labute approximate surface area is 104 Å². The number of fused-ring (bicyclic) bond motifs is 1. The van der Waals surface area contributed by atoms with Crippen LogP contribution in [0.2, 0.25) is 0 Å². The van der Waals surface area contributed by atoms with Gasteiger partial charge in [0.1, 0.15) is 0 Å². The van der Waals surface area contributed by atoms with Crippen LogP contribution in [0.1, 0.15) is 22.4 Å². The Kier molecular flexibility index (Phi) is 2.59. The summed E-state index contributed by atoms with van der Waals surface area (Å²) in [4.78, 5) is 12.1. The molecule has 4 heteroatoms. The van der Waals surface area contributed by atoms with Gasteiger partial charge in [0.15, 0.2) is 0 Å². The number of nitrogens with zero attached hydrogens (tertiary/aromatic N) is 1. The Morgan fingerprint density at radius 1 is 1.41 bits per heavy atom. The first-order valence-corrected chi connectivity index (χ1v) is 6.83. The van der Waals surface area contributed by atoms with E-state index in [1.807, 2.05) is 6.07 Å². The first kappa shape index (κ1) is 10.7. The first-order chi connectivity index (χ1) is 8.24. The van der Waals surface area contributed by atoms with Crippen LogP contribution in [0.5, 0.6) is 0 Å². The van der Waals surface area contributed by atoms with Crippen LogP contribution in [-0.4, -0.2) is 9.78 Å². The molecule has 3 nitrogen and oxygen atoms in total. The van der Waals surface area contributed by atoms with Gasteiger partial charge >= 0.3 is 0 Å². The second-order valence-corrected chi connectivity index (χ2v) is 5.43. The van der Waals surface area contributed by atoms with Crippen molar-refractivity contribution in [1.29, 1.82) is 0 Å². The van der Waals surface area contributed by atoms with Gasteiger partial charge < -0.3 is 0 Å². The van der Waals surface area contributed by atoms with E-state index in [1.54, 1.807) is 16.4 Å². The number of thioether (sulfide) groups is 1. The SMILES string of the molecule is Cc1cccc(Cn2[nH]c3c(c2=O)CSC3)c1. The minimum Gasteiger partial charge on any atom is -0.298 e. The Morgan fingerprint density at radius 2 is 2.29 bits per heavy atom. The van der Waals surface area contributed by atoms with Crippen molar-refractivity contribution in [2.24, 2.45) is 0 Å². The van der Waals surface area contributed by atoms with Gasteiger partial charge in [-0.25, -0.2) is 4.68 Å². The van der Waals surface area contributed by atoms with Crippen LogP contribution in [0, 0.1) is 6.92 Å². The van der Waals surface area contributed by atoms with E-state index < -0.39 is 0 Å². The lowest BCUT2D eigenvalue weighted by molar-refractivity contribution is 0.655. The van der Waals surface area contributed by atoms with E-state index in [0.29, 0.717) is 6.54 Å². The number of H-pyrrole nitrogens is 1. The molecule has 17 heavy (non-hydrogen) atoms. The summed E-state index contributed by atoms with van der Waals surface area (Å²) < 4.78 is 1.72. The third-order valence-corrected chi connectivity index (χ3v) is 4.04. The largest absolute Gasteiger partial charge is 0.298 e. The normalized spacial score (nSPS) is 13.9. The standard InChI is InChI=1S/C13H14N2OS/c1-9-3-2-4-10(5-9)6-15-13(16)11-7-17-8-12(11)14-15/h2-5,14H,6-8H2,1H3. The number of hydrogen-bond donors (Lipinski definition) is 1. The van der Waals surface area contributed by atoms with Gasteiger partial charge in [-0.15, -0.1) is 0 Å². The van der Waals surface area contributed by atoms with E-state index in [1.165, 1.54) is 11.1 Å². The van der Waals surface area contributed by atoms with Gasteiger partial charge in [0.2, 0.25) is 0 Å². The summed E-state index contributed by atoms with van der Waals surface area (Å²) in [7, 11) is 0. The molecule has 0 bridgehead atoms. The average molecular weight is 246 g/mol. The summed E-state index contributed by atoms with van der Waals surface area (Å²) in [6, 6.07) is 8.27. The van der Waals surface area contributed by atoms with Crippen LogP contribution in [-0.2, 0) is 18.1 Å². The van der Waals surface area contributed by atoms with Crippen molar-refractivity contribution in [3.8, 4) is 0 Å². The average Bonchev–Trinajstić information content (AvgIpc) is 2.84. The van der Waals surface area contributed by atoms with Crippen LogP contribution < -0.4 is 5.56 Å². The molecule has 88 valence electrons. The Hall–Kier alpha value is -1.42. The first-order valence-electron chi connectivity index (χ1n) is 5.68. The molecule has 0 amide bonds. The van der Waals surface area contributed by atoms with E-state index >= 15 is 0 Å². The maximum Gasteiger partial charge on any atom is 0.271 e. The summed E-state index contributed by atoms with van der Waals surface area (Å²) in [5.41, 5.74) is 4.60. The minimum atomic E-state index is 0.145. The van der Waals surface area contributed by atoms with Crippen molar-refractivity contribution < 1.29 is 0 Å². The molecule has 0 aliphatic carbocycles. The number of aryl methyl sites for hydroxylation is 1. The summed E-state index contributed by atoms with van der Waals surface area (Å²) in [6.45, 7) is 2.70. The maximum absolute atomic E-state index is 12.1. The number of rotatable bonds is 2. The fourth-order valence-corrected chi connectivity index (χ4v) is 3.25. The third kappa shape index (κ3) is 1.93. The number of aromatic nitrogens is 2. The van der Waals surface area contributed by atoms with E-state index in [9.17, 15) is 4.79 Å². The number of benzene rings is 1. The van der Waals surface area contributed by atoms with Gasteiger partial charge in [0.05, 0.1) is 17.8 Å². The lowest BCUT2D eigenvalue weighted by Crippen LogP contribution is -2.19. The highest BCUT2D eigenvalue weighted by Crippen LogP contribution is 2.25. The van der Waals surface area contributed by atoms with Gasteiger partial charge in [0.25, 0.3) is 5.56 Å². The van der Waals surface area contributed by atoms with Crippen molar-refractivity contribution in [2.75, 3.05) is 0 Å². The second-order valence-electron chi connectivity index (χ2n) is 4.44. The molecule has 0 fully saturated rings. The molecule has 0 saturated carbocycles. The molecule has 1 aliphatic rings. The topological polar surface area (TPSA) is 37.8 Å². The van der Waals surface area contributed by atoms with E-state index in [4.69, 9.17) is 0 Å². The van der Waals surface area contributed by atoms with Crippen molar-refractivity contribution in [3.63, 3.8) is 0 Å². The predicted octanol–water partition coefficient (Wildman–Crippen LogP) is 2.28. The zero-order valence-corrected chi connectivity index (χ0v) is 10.5. The smallest absolute Gasteiger partial charge is 0.271 e. The van der Waals surface area contributed by atoms with Gasteiger partial charge in [-0.2, -0.15) is 11.8 Å². The van der Waals surface area contributed by atoms with E-state index in [0.717, 1.165) is 22.8 Å². The molecule has 1 aliphatic heterocycles. The zero-order valence-electron chi connectivity index (χ0n) is 9.69. The van der Waals surface area contributed by atoms with Crippen molar-refractivity contribution in [3.05, 3.63) is 57.0 Å². The van der Waals surface area contributed by atoms with Crippen LogP contribution >= 0.6 is 11.8 Å². The Bertz CT molecular complexity index is 612. The van der Waals surface area contributed by atoms with Crippen LogP contribution in [0.15, 0.2) is 29.1 Å². The summed E-state index contributed by atoms with van der Waals surface area (Å²) >= 11 is 1.80. The highest BCUT2D eigenvalue weighted by atomic mass is 32.2. The van der Waals surface area contributed by atoms with Crippen molar-refractivity contribution >= 4 is 11.8 Å². The number of hydrogen-bond acceptors (Lipinski definition) is 2.